The maximum absolute atomic E-state index is 10.9. The van der Waals surface area contributed by atoms with Crippen LogP contribution in [0.5, 0.6) is 0 Å². The zero-order valence-electron chi connectivity index (χ0n) is 7.53. The van der Waals surface area contributed by atoms with Crippen molar-refractivity contribution in [1.29, 1.82) is 0 Å². The van der Waals surface area contributed by atoms with E-state index in [4.69, 9.17) is 35.0 Å². The number of amides is 1. The van der Waals surface area contributed by atoms with Crippen LogP contribution in [0.1, 0.15) is 5.56 Å². The third-order valence-electron chi connectivity index (χ3n) is 1.69. The summed E-state index contributed by atoms with van der Waals surface area (Å²) in [5.74, 6) is 0.860. The van der Waals surface area contributed by atoms with Crippen LogP contribution in [-0.4, -0.2) is 16.6 Å². The molecule has 0 atom stereocenters. The van der Waals surface area contributed by atoms with E-state index >= 15 is 0 Å². The second kappa shape index (κ2) is 4.84. The first kappa shape index (κ1) is 11.6. The fraction of sp³-hybridized carbons (Fsp3) is 0. The van der Waals surface area contributed by atoms with Crippen LogP contribution in [0.3, 0.4) is 0 Å². The number of halogens is 1. The van der Waals surface area contributed by atoms with Gasteiger partial charge in [-0.2, -0.15) is 0 Å². The number of nitrogens with zero attached hydrogens (tertiary/aromatic N) is 1. The molecule has 0 saturated carbocycles. The molecule has 0 bridgehead atoms. The van der Waals surface area contributed by atoms with Crippen molar-refractivity contribution in [2.45, 2.75) is 0 Å². The van der Waals surface area contributed by atoms with Crippen molar-refractivity contribution in [3.8, 4) is 0 Å². The Balaban J connectivity index is 3.10. The van der Waals surface area contributed by atoms with Crippen LogP contribution in [0.25, 0.3) is 5.41 Å². The van der Waals surface area contributed by atoms with Gasteiger partial charge in [0.2, 0.25) is 0 Å². The number of nitrogens with two attached hydrogens (primary N) is 1. The van der Waals surface area contributed by atoms with Gasteiger partial charge < -0.3 is 11.1 Å². The van der Waals surface area contributed by atoms with E-state index in [0.29, 0.717) is 10.6 Å². The number of primary amides is 1. The van der Waals surface area contributed by atoms with E-state index in [9.17, 15) is 4.79 Å². The first-order valence-electron chi connectivity index (χ1n) is 3.93. The van der Waals surface area contributed by atoms with Crippen molar-refractivity contribution in [3.05, 3.63) is 45.8 Å². The highest BCUT2D eigenvalue weighted by molar-refractivity contribution is 7.81. The molecule has 1 aromatic carbocycles. The average molecular weight is 238 g/mol. The molecule has 2 N–H and O–H groups in total. The fourth-order valence-electron chi connectivity index (χ4n) is 0.963. The zero-order valence-corrected chi connectivity index (χ0v) is 9.10. The molecule has 1 aromatic rings. The second-order valence-electron chi connectivity index (χ2n) is 2.69. The highest BCUT2D eigenvalue weighted by Crippen LogP contribution is 2.13. The van der Waals surface area contributed by atoms with Gasteiger partial charge in [-0.1, -0.05) is 36.0 Å². The lowest BCUT2D eigenvalue weighted by molar-refractivity contribution is -0.113. The summed E-state index contributed by atoms with van der Waals surface area (Å²) in [5, 5.41) is 9.24. The van der Waals surface area contributed by atoms with Crippen molar-refractivity contribution in [2.75, 3.05) is 0 Å². The predicted octanol–water partition coefficient (Wildman–Crippen LogP) is 1.71. The molecule has 76 valence electrons. The summed E-state index contributed by atoms with van der Waals surface area (Å²) in [5.41, 5.74) is 5.36. The first-order valence-corrected chi connectivity index (χ1v) is 4.72. The molecule has 0 aliphatic heterocycles. The average Bonchev–Trinajstić information content (AvgIpc) is 2.19. The molecule has 1 rings (SSSR count). The van der Waals surface area contributed by atoms with Gasteiger partial charge in [-0.15, -0.1) is 0 Å². The van der Waals surface area contributed by atoms with E-state index in [1.165, 1.54) is 0 Å². The Morgan fingerprint density at radius 1 is 1.40 bits per heavy atom. The molecule has 0 aliphatic rings. The Kier molecular flexibility index (Phi) is 3.74. The molecular formula is C10H6ClN2OS-. The molecule has 1 amide bonds. The van der Waals surface area contributed by atoms with Crippen LogP contribution >= 0.6 is 23.8 Å². The summed E-state index contributed by atoms with van der Waals surface area (Å²) >= 11 is 10.6. The van der Waals surface area contributed by atoms with Crippen LogP contribution in [0.15, 0.2) is 29.8 Å². The van der Waals surface area contributed by atoms with E-state index in [1.54, 1.807) is 30.1 Å². The highest BCUT2D eigenvalue weighted by atomic mass is 35.5. The molecule has 15 heavy (non-hydrogen) atoms. The normalized spacial score (nSPS) is 9.13. The minimum absolute atomic E-state index is 0.140. The van der Waals surface area contributed by atoms with Gasteiger partial charge >= 0.3 is 0 Å². The Hall–Kier alpha value is -1.48. The number of carbonyl (C=O) groups excluding carboxylic acids is 1. The standard InChI is InChI=1S/C10H6ClN2OS/c11-7-3-1-6(2-4-7)9(15)8(5-12)10(13)14/h1-4H,(H2,13,14)/q-1. The maximum Gasteiger partial charge on any atom is 0.256 e. The van der Waals surface area contributed by atoms with E-state index in [-0.39, 0.29) is 10.4 Å². The summed E-state index contributed by atoms with van der Waals surface area (Å²) in [6.45, 7) is 0. The summed E-state index contributed by atoms with van der Waals surface area (Å²) in [7, 11) is 0. The van der Waals surface area contributed by atoms with Crippen molar-refractivity contribution in [1.82, 2.24) is 0 Å². The first-order chi connectivity index (χ1) is 7.06. The molecule has 0 aromatic heterocycles. The lowest BCUT2D eigenvalue weighted by atomic mass is 10.1. The molecule has 0 fully saturated rings. The minimum atomic E-state index is -0.822. The number of hydrogen-bond acceptors (Lipinski definition) is 2. The van der Waals surface area contributed by atoms with Gasteiger partial charge in [0.15, 0.2) is 0 Å². The van der Waals surface area contributed by atoms with Gasteiger partial charge in [0.25, 0.3) is 5.91 Å². The van der Waals surface area contributed by atoms with Crippen LogP contribution in [0.2, 0.25) is 5.02 Å². The van der Waals surface area contributed by atoms with Gasteiger partial charge in [-0.3, -0.25) is 10.7 Å². The number of thiocarbonyl (C=S) groups is 1. The highest BCUT2D eigenvalue weighted by Gasteiger charge is 2.10. The van der Waals surface area contributed by atoms with Gasteiger partial charge in [-0.05, 0) is 17.7 Å². The van der Waals surface area contributed by atoms with Crippen LogP contribution in [0, 0.1) is 0 Å². The molecule has 3 nitrogen and oxygen atoms in total. The van der Waals surface area contributed by atoms with Crippen molar-refractivity contribution in [3.63, 3.8) is 0 Å². The van der Waals surface area contributed by atoms with Crippen molar-refractivity contribution in [2.24, 2.45) is 5.73 Å². The number of hydrogen-bond donors (Lipinski definition) is 1. The molecule has 0 saturated heterocycles. The van der Waals surface area contributed by atoms with E-state index < -0.39 is 5.91 Å². The Labute approximate surface area is 97.1 Å². The summed E-state index contributed by atoms with van der Waals surface area (Å²) < 4.78 is 0. The third-order valence-corrected chi connectivity index (χ3v) is 2.38. The Bertz CT molecular complexity index is 461. The minimum Gasteiger partial charge on any atom is -0.763 e. The van der Waals surface area contributed by atoms with Gasteiger partial charge in [0.1, 0.15) is 0 Å². The quantitative estimate of drug-likeness (QED) is 0.376. The van der Waals surface area contributed by atoms with E-state index in [0.717, 1.165) is 0 Å². The fourth-order valence-corrected chi connectivity index (χ4v) is 1.37. The summed E-state index contributed by atoms with van der Waals surface area (Å²) in [6, 6.07) is 6.51. The monoisotopic (exact) mass is 237 g/mol. The number of carbonyl (C=O) groups is 1. The lowest BCUT2D eigenvalue weighted by Crippen LogP contribution is -2.20. The molecular weight excluding hydrogens is 232 g/mol. The summed E-state index contributed by atoms with van der Waals surface area (Å²) in [6.07, 6.45) is 0. The lowest BCUT2D eigenvalue weighted by Gasteiger charge is -2.04. The topological polar surface area (TPSA) is 65.4 Å². The zero-order chi connectivity index (χ0) is 11.4. The largest absolute Gasteiger partial charge is 0.763 e. The van der Waals surface area contributed by atoms with Gasteiger partial charge in [-0.25, -0.2) is 0 Å². The van der Waals surface area contributed by atoms with Crippen molar-refractivity contribution < 1.29 is 4.79 Å². The van der Waals surface area contributed by atoms with Gasteiger partial charge in [0, 0.05) is 5.02 Å². The van der Waals surface area contributed by atoms with Gasteiger partial charge in [0.05, 0.1) is 10.4 Å². The van der Waals surface area contributed by atoms with Crippen LogP contribution in [0.4, 0.5) is 0 Å². The second-order valence-corrected chi connectivity index (χ2v) is 3.53. The SMILES string of the molecule is [N-]=C=C(C(N)=O)C(=S)c1ccc(Cl)cc1. The maximum atomic E-state index is 10.9. The Morgan fingerprint density at radius 3 is 2.33 bits per heavy atom. The Morgan fingerprint density at radius 2 is 1.93 bits per heavy atom. The molecule has 0 spiro atoms. The van der Waals surface area contributed by atoms with E-state index in [1.807, 2.05) is 0 Å². The van der Waals surface area contributed by atoms with Crippen molar-refractivity contribution >= 4 is 40.5 Å². The molecule has 5 heteroatoms. The van der Waals surface area contributed by atoms with Crippen LogP contribution < -0.4 is 5.73 Å². The molecule has 0 heterocycles. The summed E-state index contributed by atoms with van der Waals surface area (Å²) in [4.78, 5) is 11.0. The van der Waals surface area contributed by atoms with E-state index in [2.05, 4.69) is 0 Å². The molecule has 0 radical (unpaired) electrons. The molecule has 0 aliphatic carbocycles. The number of benzene rings is 1. The molecule has 0 unspecified atom stereocenters. The van der Waals surface area contributed by atoms with Crippen LogP contribution in [-0.2, 0) is 4.79 Å². The predicted molar refractivity (Wildman–Crippen MR) is 64.2 cm³/mol. The smallest absolute Gasteiger partial charge is 0.256 e. The third kappa shape index (κ3) is 2.73. The number of rotatable bonds is 3.